The lowest BCUT2D eigenvalue weighted by atomic mass is 10.0. The second-order valence-corrected chi connectivity index (χ2v) is 7.52. The van der Waals surface area contributed by atoms with Crippen LogP contribution in [-0.4, -0.2) is 25.8 Å². The number of fused-ring (bicyclic) bond motifs is 1. The second-order valence-electron chi connectivity index (χ2n) is 7.52. The standard InChI is InChI=1S/C24H17N3O6/c1-15(28)21-14-23(24(29)18-4-8-20(9-5-18)27(32)33)25-11-10-17(13-22(21)25)12-16-2-6-19(7-3-16)26(30)31/h2-11,13-14H,12H2,1H3. The average Bonchev–Trinajstić information content (AvgIpc) is 3.18. The van der Waals surface area contributed by atoms with E-state index in [1.165, 1.54) is 49.4 Å². The maximum absolute atomic E-state index is 13.1. The molecule has 0 bridgehead atoms. The molecule has 0 aliphatic carbocycles. The summed E-state index contributed by atoms with van der Waals surface area (Å²) in [5.41, 5.74) is 3.10. The second kappa shape index (κ2) is 8.46. The summed E-state index contributed by atoms with van der Waals surface area (Å²) in [4.78, 5) is 46.0. The molecular formula is C24H17N3O6. The van der Waals surface area contributed by atoms with Crippen molar-refractivity contribution in [2.45, 2.75) is 13.3 Å². The molecule has 2 heterocycles. The van der Waals surface area contributed by atoms with Crippen LogP contribution in [0.3, 0.4) is 0 Å². The third-order valence-corrected chi connectivity index (χ3v) is 5.34. The minimum absolute atomic E-state index is 0.00839. The van der Waals surface area contributed by atoms with Crippen molar-refractivity contribution in [3.63, 3.8) is 0 Å². The quantitative estimate of drug-likeness (QED) is 0.230. The van der Waals surface area contributed by atoms with Crippen molar-refractivity contribution in [3.8, 4) is 0 Å². The van der Waals surface area contributed by atoms with E-state index in [2.05, 4.69) is 0 Å². The Kier molecular flexibility index (Phi) is 5.53. The van der Waals surface area contributed by atoms with Crippen LogP contribution < -0.4 is 0 Å². The molecular weight excluding hydrogens is 426 g/mol. The van der Waals surface area contributed by atoms with Crippen molar-refractivity contribution in [3.05, 3.63) is 121 Å². The number of rotatable bonds is 7. The number of carbonyl (C=O) groups is 2. The molecule has 0 radical (unpaired) electrons. The molecule has 0 spiro atoms. The molecule has 0 aliphatic heterocycles. The zero-order chi connectivity index (χ0) is 23.7. The van der Waals surface area contributed by atoms with Gasteiger partial charge in [-0.25, -0.2) is 0 Å². The number of nitro groups is 2. The van der Waals surface area contributed by atoms with Gasteiger partial charge in [-0.15, -0.1) is 0 Å². The number of non-ortho nitro benzene ring substituents is 2. The van der Waals surface area contributed by atoms with Gasteiger partial charge >= 0.3 is 0 Å². The van der Waals surface area contributed by atoms with Gasteiger partial charge in [0, 0.05) is 41.6 Å². The molecule has 0 fully saturated rings. The predicted octanol–water partition coefficient (Wildman–Crippen LogP) is 4.78. The fourth-order valence-corrected chi connectivity index (χ4v) is 3.66. The number of hydrogen-bond donors (Lipinski definition) is 0. The van der Waals surface area contributed by atoms with Gasteiger partial charge in [0.25, 0.3) is 11.4 Å². The van der Waals surface area contributed by atoms with Crippen molar-refractivity contribution in [2.75, 3.05) is 0 Å². The molecule has 0 amide bonds. The van der Waals surface area contributed by atoms with Crippen LogP contribution in [0.1, 0.15) is 44.5 Å². The summed E-state index contributed by atoms with van der Waals surface area (Å²) in [5.74, 6) is -0.571. The van der Waals surface area contributed by atoms with Crippen LogP contribution in [0.15, 0.2) is 72.9 Å². The number of ketones is 2. The molecule has 0 N–H and O–H groups in total. The predicted molar refractivity (Wildman–Crippen MR) is 120 cm³/mol. The normalized spacial score (nSPS) is 10.8. The topological polar surface area (TPSA) is 125 Å². The maximum atomic E-state index is 13.1. The first-order valence-corrected chi connectivity index (χ1v) is 9.92. The Morgan fingerprint density at radius 2 is 1.39 bits per heavy atom. The maximum Gasteiger partial charge on any atom is 0.269 e. The first-order valence-electron chi connectivity index (χ1n) is 9.92. The van der Waals surface area contributed by atoms with E-state index in [0.29, 0.717) is 17.5 Å². The first kappa shape index (κ1) is 21.6. The number of carbonyl (C=O) groups excluding carboxylic acids is 2. The molecule has 164 valence electrons. The summed E-state index contributed by atoms with van der Waals surface area (Å²) < 4.78 is 1.62. The van der Waals surface area contributed by atoms with Crippen LogP contribution in [0, 0.1) is 20.2 Å². The number of aromatic nitrogens is 1. The van der Waals surface area contributed by atoms with E-state index in [1.807, 2.05) is 12.1 Å². The monoisotopic (exact) mass is 443 g/mol. The molecule has 0 saturated carbocycles. The lowest BCUT2D eigenvalue weighted by Crippen LogP contribution is -2.05. The first-order chi connectivity index (χ1) is 15.7. The third kappa shape index (κ3) is 4.24. The van der Waals surface area contributed by atoms with Crippen LogP contribution in [0.4, 0.5) is 11.4 Å². The number of nitro benzene ring substituents is 2. The zero-order valence-corrected chi connectivity index (χ0v) is 17.4. The SMILES string of the molecule is CC(=O)c1cc(C(=O)c2ccc([N+](=O)[O-])cc2)n2ccc(Cc3ccc([N+](=O)[O-])cc3)cc12. The summed E-state index contributed by atoms with van der Waals surface area (Å²) in [7, 11) is 0. The lowest BCUT2D eigenvalue weighted by molar-refractivity contribution is -0.385. The molecule has 2 aromatic carbocycles. The molecule has 0 aliphatic rings. The molecule has 33 heavy (non-hydrogen) atoms. The molecule has 9 nitrogen and oxygen atoms in total. The van der Waals surface area contributed by atoms with Crippen LogP contribution in [0.2, 0.25) is 0 Å². The van der Waals surface area contributed by atoms with E-state index in [4.69, 9.17) is 0 Å². The smallest absolute Gasteiger partial charge is 0.269 e. The summed E-state index contributed by atoms with van der Waals surface area (Å²) in [6.07, 6.45) is 2.18. The van der Waals surface area contributed by atoms with E-state index < -0.39 is 9.85 Å². The van der Waals surface area contributed by atoms with Gasteiger partial charge in [-0.1, -0.05) is 12.1 Å². The number of Topliss-reactive ketones (excluding diaryl/α,β-unsaturated/α-hetero) is 1. The van der Waals surface area contributed by atoms with E-state index in [-0.39, 0.29) is 34.2 Å². The molecule has 4 aromatic rings. The van der Waals surface area contributed by atoms with E-state index in [9.17, 15) is 29.8 Å². The Balaban J connectivity index is 1.70. The van der Waals surface area contributed by atoms with Gasteiger partial charge in [0.05, 0.1) is 21.1 Å². The van der Waals surface area contributed by atoms with Crippen LogP contribution >= 0.6 is 0 Å². The molecule has 2 aromatic heterocycles. The Labute approximate surface area is 187 Å². The van der Waals surface area contributed by atoms with Crippen molar-refractivity contribution < 1.29 is 19.4 Å². The molecule has 9 heteroatoms. The van der Waals surface area contributed by atoms with E-state index in [1.54, 1.807) is 22.7 Å². The molecule has 0 atom stereocenters. The van der Waals surface area contributed by atoms with Crippen LogP contribution in [0.5, 0.6) is 0 Å². The fourth-order valence-electron chi connectivity index (χ4n) is 3.66. The Bertz CT molecular complexity index is 1420. The minimum atomic E-state index is -0.540. The largest absolute Gasteiger partial charge is 0.313 e. The van der Waals surface area contributed by atoms with Crippen LogP contribution in [-0.2, 0) is 6.42 Å². The molecule has 0 saturated heterocycles. The van der Waals surface area contributed by atoms with E-state index >= 15 is 0 Å². The number of hydrogen-bond acceptors (Lipinski definition) is 6. The zero-order valence-electron chi connectivity index (χ0n) is 17.4. The van der Waals surface area contributed by atoms with Crippen molar-refractivity contribution in [1.29, 1.82) is 0 Å². The number of pyridine rings is 1. The summed E-state index contributed by atoms with van der Waals surface area (Å²) in [6.45, 7) is 1.42. The van der Waals surface area contributed by atoms with Gasteiger partial charge in [0.2, 0.25) is 5.78 Å². The van der Waals surface area contributed by atoms with Crippen LogP contribution in [0.25, 0.3) is 5.52 Å². The van der Waals surface area contributed by atoms with Crippen molar-refractivity contribution >= 4 is 28.5 Å². The highest BCUT2D eigenvalue weighted by molar-refractivity contribution is 6.12. The van der Waals surface area contributed by atoms with Gasteiger partial charge in [0.1, 0.15) is 0 Å². The molecule has 0 unspecified atom stereocenters. The van der Waals surface area contributed by atoms with Gasteiger partial charge < -0.3 is 4.40 Å². The van der Waals surface area contributed by atoms with Gasteiger partial charge in [-0.05, 0) is 54.8 Å². The summed E-state index contributed by atoms with van der Waals surface area (Å²) in [5, 5.41) is 21.7. The van der Waals surface area contributed by atoms with E-state index in [0.717, 1.165) is 11.1 Å². The summed E-state index contributed by atoms with van der Waals surface area (Å²) in [6, 6.07) is 16.7. The van der Waals surface area contributed by atoms with Gasteiger partial charge in [-0.2, -0.15) is 0 Å². The lowest BCUT2D eigenvalue weighted by Gasteiger charge is -2.07. The highest BCUT2D eigenvalue weighted by Crippen LogP contribution is 2.24. The minimum Gasteiger partial charge on any atom is -0.313 e. The van der Waals surface area contributed by atoms with Gasteiger partial charge in [-0.3, -0.25) is 29.8 Å². The third-order valence-electron chi connectivity index (χ3n) is 5.34. The highest BCUT2D eigenvalue weighted by atomic mass is 16.6. The van der Waals surface area contributed by atoms with Crippen molar-refractivity contribution in [1.82, 2.24) is 4.40 Å². The van der Waals surface area contributed by atoms with Crippen molar-refractivity contribution in [2.24, 2.45) is 0 Å². The Morgan fingerprint density at radius 1 is 0.818 bits per heavy atom. The fraction of sp³-hybridized carbons (Fsp3) is 0.0833. The van der Waals surface area contributed by atoms with Gasteiger partial charge in [0.15, 0.2) is 5.78 Å². The Morgan fingerprint density at radius 3 is 1.94 bits per heavy atom. The Hall–Kier alpha value is -4.66. The molecule has 4 rings (SSSR count). The number of benzene rings is 2. The average molecular weight is 443 g/mol. The summed E-state index contributed by atoms with van der Waals surface area (Å²) >= 11 is 0. The number of nitrogens with zero attached hydrogens (tertiary/aromatic N) is 3. The highest BCUT2D eigenvalue weighted by Gasteiger charge is 2.20.